The van der Waals surface area contributed by atoms with Gasteiger partial charge in [0.2, 0.25) is 0 Å². The standard InChI is InChI=1S/C20H26Si/c1-15-12-16(2)20(13-15)21-19-11-7-6-10-18(19)14-17-8-4-3-5-9-17/h6-7,10-12,17H,3-5,8-9,13-14H2,1-2H3. The normalized spacial score (nSPS) is 20.0. The van der Waals surface area contributed by atoms with Crippen molar-refractivity contribution in [2.45, 2.75) is 58.8 Å². The van der Waals surface area contributed by atoms with Gasteiger partial charge in [0.05, 0.1) is 0 Å². The van der Waals surface area contributed by atoms with Crippen molar-refractivity contribution in [2.24, 2.45) is 5.92 Å². The van der Waals surface area contributed by atoms with Crippen LogP contribution in [0.3, 0.4) is 0 Å². The van der Waals surface area contributed by atoms with Crippen molar-refractivity contribution in [3.63, 3.8) is 0 Å². The molecule has 1 saturated carbocycles. The molecule has 0 heterocycles. The highest BCUT2D eigenvalue weighted by Gasteiger charge is 2.17. The van der Waals surface area contributed by atoms with Gasteiger partial charge in [0.1, 0.15) is 9.52 Å². The average Bonchev–Trinajstić information content (AvgIpc) is 2.80. The molecule has 0 spiro atoms. The first kappa shape index (κ1) is 14.8. The number of rotatable bonds is 4. The van der Waals surface area contributed by atoms with Gasteiger partial charge in [-0.15, -0.1) is 0 Å². The minimum absolute atomic E-state index is 0.872. The summed E-state index contributed by atoms with van der Waals surface area (Å²) in [5.41, 5.74) is 4.66. The summed E-state index contributed by atoms with van der Waals surface area (Å²) < 4.78 is 0. The van der Waals surface area contributed by atoms with E-state index in [1.165, 1.54) is 56.1 Å². The number of benzene rings is 1. The molecule has 0 aliphatic heterocycles. The van der Waals surface area contributed by atoms with E-state index in [1.54, 1.807) is 15.9 Å². The molecule has 1 fully saturated rings. The van der Waals surface area contributed by atoms with E-state index in [4.69, 9.17) is 0 Å². The third-order valence-electron chi connectivity index (χ3n) is 4.93. The lowest BCUT2D eigenvalue weighted by Crippen LogP contribution is -2.23. The van der Waals surface area contributed by atoms with Crippen molar-refractivity contribution < 1.29 is 0 Å². The highest BCUT2D eigenvalue weighted by molar-refractivity contribution is 6.62. The van der Waals surface area contributed by atoms with Crippen LogP contribution in [0.5, 0.6) is 0 Å². The molecule has 0 saturated heterocycles. The van der Waals surface area contributed by atoms with Crippen LogP contribution in [-0.4, -0.2) is 9.52 Å². The van der Waals surface area contributed by atoms with Gasteiger partial charge in [0, 0.05) is 0 Å². The predicted molar refractivity (Wildman–Crippen MR) is 93.2 cm³/mol. The lowest BCUT2D eigenvalue weighted by molar-refractivity contribution is 0.357. The van der Waals surface area contributed by atoms with Crippen molar-refractivity contribution in [1.82, 2.24) is 0 Å². The molecule has 0 N–H and O–H groups in total. The molecule has 2 aliphatic rings. The first-order valence-corrected chi connectivity index (χ1v) is 9.44. The summed E-state index contributed by atoms with van der Waals surface area (Å²) in [5.74, 6) is 0.934. The maximum atomic E-state index is 2.38. The van der Waals surface area contributed by atoms with Crippen LogP contribution in [0.25, 0.3) is 0 Å². The lowest BCUT2D eigenvalue weighted by atomic mass is 9.85. The van der Waals surface area contributed by atoms with Gasteiger partial charge in [0.15, 0.2) is 0 Å². The summed E-state index contributed by atoms with van der Waals surface area (Å²) in [4.78, 5) is 0. The van der Waals surface area contributed by atoms with Crippen molar-refractivity contribution in [3.8, 4) is 0 Å². The van der Waals surface area contributed by atoms with Crippen LogP contribution in [0.15, 0.2) is 46.7 Å². The molecule has 0 nitrogen and oxygen atoms in total. The summed E-state index contributed by atoms with van der Waals surface area (Å²) >= 11 is 0. The smallest absolute Gasteiger partial charge is 0.0725 e. The van der Waals surface area contributed by atoms with E-state index in [0.717, 1.165) is 15.4 Å². The first-order chi connectivity index (χ1) is 10.2. The zero-order valence-electron chi connectivity index (χ0n) is 13.4. The van der Waals surface area contributed by atoms with Crippen LogP contribution in [0.4, 0.5) is 0 Å². The topological polar surface area (TPSA) is 0 Å². The number of hydrogen-bond donors (Lipinski definition) is 0. The second-order valence-electron chi connectivity index (χ2n) is 6.82. The molecule has 0 amide bonds. The van der Waals surface area contributed by atoms with Gasteiger partial charge in [-0.2, -0.15) is 0 Å². The summed E-state index contributed by atoms with van der Waals surface area (Å²) in [6.45, 7) is 4.54. The van der Waals surface area contributed by atoms with Crippen LogP contribution in [0.1, 0.15) is 57.9 Å². The quantitative estimate of drug-likeness (QED) is 0.702. The van der Waals surface area contributed by atoms with E-state index >= 15 is 0 Å². The van der Waals surface area contributed by atoms with Gasteiger partial charge < -0.3 is 0 Å². The highest BCUT2D eigenvalue weighted by Crippen LogP contribution is 2.27. The van der Waals surface area contributed by atoms with Crippen molar-refractivity contribution in [1.29, 1.82) is 0 Å². The Morgan fingerprint density at radius 1 is 1.05 bits per heavy atom. The molecule has 1 aromatic carbocycles. The van der Waals surface area contributed by atoms with Crippen LogP contribution in [0.2, 0.25) is 0 Å². The number of allylic oxidation sites excluding steroid dienone is 4. The highest BCUT2D eigenvalue weighted by atomic mass is 28.2. The van der Waals surface area contributed by atoms with E-state index in [2.05, 4.69) is 44.2 Å². The van der Waals surface area contributed by atoms with Gasteiger partial charge in [-0.25, -0.2) is 0 Å². The maximum absolute atomic E-state index is 2.38. The number of hydrogen-bond acceptors (Lipinski definition) is 0. The maximum Gasteiger partial charge on any atom is 0.117 e. The van der Waals surface area contributed by atoms with E-state index < -0.39 is 0 Å². The van der Waals surface area contributed by atoms with Gasteiger partial charge in [-0.1, -0.05) is 84.0 Å². The average molecular weight is 295 g/mol. The molecule has 1 aromatic rings. The Bertz CT molecular complexity index is 559. The van der Waals surface area contributed by atoms with E-state index in [-0.39, 0.29) is 0 Å². The molecule has 110 valence electrons. The molecule has 2 aliphatic carbocycles. The van der Waals surface area contributed by atoms with E-state index in [9.17, 15) is 0 Å². The Labute approximate surface area is 132 Å². The van der Waals surface area contributed by atoms with Crippen LogP contribution < -0.4 is 5.19 Å². The first-order valence-electron chi connectivity index (χ1n) is 8.44. The zero-order valence-corrected chi connectivity index (χ0v) is 14.4. The molecule has 3 rings (SSSR count). The minimum Gasteiger partial charge on any atom is -0.0725 e. The molecule has 2 radical (unpaired) electrons. The van der Waals surface area contributed by atoms with Crippen molar-refractivity contribution in [2.75, 3.05) is 0 Å². The lowest BCUT2D eigenvalue weighted by Gasteiger charge is -2.22. The second-order valence-corrected chi connectivity index (χ2v) is 8.21. The largest absolute Gasteiger partial charge is 0.117 e. The summed E-state index contributed by atoms with van der Waals surface area (Å²) in [6, 6.07) is 9.19. The fourth-order valence-electron chi connectivity index (χ4n) is 3.75. The summed E-state index contributed by atoms with van der Waals surface area (Å²) in [7, 11) is 0.872. The fraction of sp³-hybridized carbons (Fsp3) is 0.500. The summed E-state index contributed by atoms with van der Waals surface area (Å²) in [5, 5.41) is 3.25. The van der Waals surface area contributed by atoms with Crippen molar-refractivity contribution >= 4 is 14.7 Å². The SMILES string of the molecule is CC1=CC(C)=C([Si]c2ccccc2CC2CCCCC2)C1. The Kier molecular flexibility index (Phi) is 4.79. The summed E-state index contributed by atoms with van der Waals surface area (Å²) in [6.07, 6.45) is 12.1. The molecule has 0 atom stereocenters. The van der Waals surface area contributed by atoms with Crippen molar-refractivity contribution in [3.05, 3.63) is 52.2 Å². The van der Waals surface area contributed by atoms with E-state index in [1.807, 2.05) is 0 Å². The predicted octanol–water partition coefficient (Wildman–Crippen LogP) is 4.76. The Morgan fingerprint density at radius 3 is 2.52 bits per heavy atom. The third-order valence-corrected chi connectivity index (χ3v) is 6.56. The molecule has 0 aromatic heterocycles. The molecule has 1 heteroatoms. The Balaban J connectivity index is 1.72. The van der Waals surface area contributed by atoms with Crippen LogP contribution in [-0.2, 0) is 6.42 Å². The Morgan fingerprint density at radius 2 is 1.81 bits per heavy atom. The van der Waals surface area contributed by atoms with Crippen LogP contribution >= 0.6 is 0 Å². The Hall–Kier alpha value is -1.08. The van der Waals surface area contributed by atoms with Gasteiger partial charge >= 0.3 is 0 Å². The fourth-order valence-corrected chi connectivity index (χ4v) is 5.24. The molecular weight excluding hydrogens is 268 g/mol. The van der Waals surface area contributed by atoms with Gasteiger partial charge in [0.25, 0.3) is 0 Å². The zero-order chi connectivity index (χ0) is 14.7. The monoisotopic (exact) mass is 294 g/mol. The van der Waals surface area contributed by atoms with Crippen LogP contribution in [0, 0.1) is 5.92 Å². The molecular formula is C20H26Si. The third kappa shape index (κ3) is 3.77. The van der Waals surface area contributed by atoms with Gasteiger partial charge in [-0.3, -0.25) is 0 Å². The minimum atomic E-state index is 0.872. The van der Waals surface area contributed by atoms with E-state index in [0.29, 0.717) is 0 Å². The molecule has 0 unspecified atom stereocenters. The second kappa shape index (κ2) is 6.78. The van der Waals surface area contributed by atoms with Gasteiger partial charge in [-0.05, 0) is 38.2 Å². The molecule has 21 heavy (non-hydrogen) atoms. The molecule has 0 bridgehead atoms.